The number of rotatable bonds is 7. The molecule has 1 aliphatic heterocycles. The van der Waals surface area contributed by atoms with Gasteiger partial charge in [0.05, 0.1) is 34.6 Å². The van der Waals surface area contributed by atoms with Crippen LogP contribution in [0.3, 0.4) is 0 Å². The molecule has 1 amide bonds. The number of aromatic nitrogens is 3. The van der Waals surface area contributed by atoms with E-state index in [4.69, 9.17) is 15.2 Å². The van der Waals surface area contributed by atoms with E-state index in [0.29, 0.717) is 51.2 Å². The Morgan fingerprint density at radius 2 is 1.86 bits per heavy atom. The third kappa shape index (κ3) is 5.59. The van der Waals surface area contributed by atoms with Crippen molar-refractivity contribution in [2.75, 3.05) is 37.3 Å². The number of carbonyl (C=O) groups is 1. The highest BCUT2D eigenvalue weighted by Crippen LogP contribution is 2.32. The van der Waals surface area contributed by atoms with Crippen molar-refractivity contribution >= 4 is 39.2 Å². The van der Waals surface area contributed by atoms with Crippen LogP contribution in [0.5, 0.6) is 5.75 Å². The molecule has 0 bridgehead atoms. The highest BCUT2D eigenvalue weighted by Gasteiger charge is 2.22. The van der Waals surface area contributed by atoms with Crippen LogP contribution in [0.15, 0.2) is 65.5 Å². The highest BCUT2D eigenvalue weighted by molar-refractivity contribution is 6.09. The summed E-state index contributed by atoms with van der Waals surface area (Å²) in [4.78, 5) is 39.0. The molecule has 1 saturated heterocycles. The van der Waals surface area contributed by atoms with Crippen molar-refractivity contribution in [1.29, 1.82) is 0 Å². The van der Waals surface area contributed by atoms with Gasteiger partial charge < -0.3 is 30.5 Å². The van der Waals surface area contributed by atoms with E-state index in [-0.39, 0.29) is 29.4 Å². The van der Waals surface area contributed by atoms with Gasteiger partial charge in [0.15, 0.2) is 5.69 Å². The predicted octanol–water partition coefficient (Wildman–Crippen LogP) is 4.70. The van der Waals surface area contributed by atoms with Crippen LogP contribution in [0.25, 0.3) is 33.3 Å². The summed E-state index contributed by atoms with van der Waals surface area (Å²) in [5.41, 5.74) is 11.1. The van der Waals surface area contributed by atoms with Crippen LogP contribution < -0.4 is 21.3 Å². The number of para-hydroxylation sites is 2. The number of ether oxygens (including phenoxy) is 2. The number of amides is 1. The van der Waals surface area contributed by atoms with Gasteiger partial charge in [-0.05, 0) is 62.7 Å². The van der Waals surface area contributed by atoms with Gasteiger partial charge in [-0.25, -0.2) is 4.98 Å². The Kier molecular flexibility index (Phi) is 7.40. The number of anilines is 2. The number of nitrogens with zero attached hydrogens (tertiary/aromatic N) is 2. The van der Waals surface area contributed by atoms with Gasteiger partial charge in [-0.2, -0.15) is 0 Å². The molecule has 3 aromatic carbocycles. The molecule has 10 nitrogen and oxygen atoms in total. The summed E-state index contributed by atoms with van der Waals surface area (Å²) in [5.74, 6) is 0.442. The number of H-pyrrole nitrogens is 2. The van der Waals surface area contributed by atoms with Crippen LogP contribution in [0.4, 0.5) is 11.4 Å². The lowest BCUT2D eigenvalue weighted by molar-refractivity contribution is -0.0699. The Hall–Kier alpha value is -4.67. The predicted molar refractivity (Wildman–Crippen MR) is 165 cm³/mol. The molecule has 5 aromatic rings. The first kappa shape index (κ1) is 27.5. The fourth-order valence-corrected chi connectivity index (χ4v) is 5.53. The summed E-state index contributed by atoms with van der Waals surface area (Å²) in [5, 5.41) is 3.60. The number of nitrogen functional groups attached to an aromatic ring is 1. The number of nitrogens with one attached hydrogen (secondary N) is 3. The second-order valence-electron chi connectivity index (χ2n) is 10.9. The molecule has 5 N–H and O–H groups in total. The number of fused-ring (bicyclic) bond motifs is 2. The molecule has 3 heterocycles. The number of aryl methyl sites for hydroxylation is 1. The monoisotopic (exact) mass is 566 g/mol. The van der Waals surface area contributed by atoms with Gasteiger partial charge in [-0.1, -0.05) is 18.2 Å². The summed E-state index contributed by atoms with van der Waals surface area (Å²) in [7, 11) is 0. The van der Waals surface area contributed by atoms with Gasteiger partial charge in [-0.15, -0.1) is 0 Å². The minimum absolute atomic E-state index is 0.193. The average Bonchev–Trinajstić information content (AvgIpc) is 3.29. The first-order chi connectivity index (χ1) is 20.2. The second-order valence-corrected chi connectivity index (χ2v) is 10.9. The zero-order valence-corrected chi connectivity index (χ0v) is 23.9. The third-order valence-electron chi connectivity index (χ3n) is 7.54. The smallest absolute Gasteiger partial charge is 0.276 e. The Balaban J connectivity index is 1.18. The lowest BCUT2D eigenvalue weighted by Crippen LogP contribution is -2.46. The summed E-state index contributed by atoms with van der Waals surface area (Å²) in [6, 6.07) is 18.1. The van der Waals surface area contributed by atoms with Gasteiger partial charge in [0.25, 0.3) is 11.5 Å². The zero-order valence-electron chi connectivity index (χ0n) is 23.9. The number of aromatic amines is 2. The molecule has 0 saturated carbocycles. The van der Waals surface area contributed by atoms with Crippen molar-refractivity contribution < 1.29 is 14.3 Å². The maximum atomic E-state index is 13.2. The summed E-state index contributed by atoms with van der Waals surface area (Å²) < 4.78 is 11.9. The number of hydrogen-bond donors (Lipinski definition) is 4. The van der Waals surface area contributed by atoms with Gasteiger partial charge in [0.1, 0.15) is 12.4 Å². The average molecular weight is 567 g/mol. The van der Waals surface area contributed by atoms with Crippen LogP contribution in [-0.2, 0) is 4.74 Å². The molecule has 0 radical (unpaired) electrons. The number of nitrogens with two attached hydrogens (primary N) is 1. The molecule has 0 aliphatic carbocycles. The van der Waals surface area contributed by atoms with E-state index in [0.717, 1.165) is 30.9 Å². The van der Waals surface area contributed by atoms with Crippen molar-refractivity contribution in [2.45, 2.75) is 33.0 Å². The lowest BCUT2D eigenvalue weighted by atomic mass is 10.1. The van der Waals surface area contributed by atoms with Crippen molar-refractivity contribution in [1.82, 2.24) is 19.9 Å². The maximum Gasteiger partial charge on any atom is 0.276 e. The normalized spacial score (nSPS) is 17.5. The van der Waals surface area contributed by atoms with Gasteiger partial charge in [-0.3, -0.25) is 14.5 Å². The molecule has 2 atom stereocenters. The molecule has 2 aromatic heterocycles. The Bertz CT molecular complexity index is 1830. The van der Waals surface area contributed by atoms with Gasteiger partial charge in [0.2, 0.25) is 0 Å². The molecular formula is C32H34N6O4. The standard InChI is InChI=1S/C32H34N6O4/c1-18-8-10-22(15-27(18)41-13-12-38-16-19(2)42-20(3)17-38)34-31(39)21-9-11-24-23(14-21)28(33)29(35-24)30-32(40)37-26-7-5-4-6-25(26)36-30/h4-11,14-15,19-20,35H,12-13,16-17,33H2,1-3H3,(H,34,39)(H,37,40). The van der Waals surface area contributed by atoms with E-state index in [1.807, 2.05) is 43.3 Å². The fourth-order valence-electron chi connectivity index (χ4n) is 5.53. The molecule has 42 heavy (non-hydrogen) atoms. The third-order valence-corrected chi connectivity index (χ3v) is 7.54. The lowest BCUT2D eigenvalue weighted by Gasteiger charge is -2.35. The van der Waals surface area contributed by atoms with E-state index < -0.39 is 0 Å². The van der Waals surface area contributed by atoms with Crippen LogP contribution in [-0.4, -0.2) is 64.2 Å². The Morgan fingerprint density at radius 1 is 1.07 bits per heavy atom. The molecule has 0 spiro atoms. The molecular weight excluding hydrogens is 532 g/mol. The summed E-state index contributed by atoms with van der Waals surface area (Å²) in [6.45, 7) is 9.27. The first-order valence-corrected chi connectivity index (χ1v) is 14.1. The number of hydrogen-bond acceptors (Lipinski definition) is 7. The first-order valence-electron chi connectivity index (χ1n) is 14.1. The number of benzene rings is 3. The summed E-state index contributed by atoms with van der Waals surface area (Å²) >= 11 is 0. The van der Waals surface area contributed by atoms with Crippen LogP contribution in [0.2, 0.25) is 0 Å². The molecule has 1 aliphatic rings. The van der Waals surface area contributed by atoms with E-state index >= 15 is 0 Å². The van der Waals surface area contributed by atoms with Crippen LogP contribution in [0.1, 0.15) is 29.8 Å². The fraction of sp³-hybridized carbons (Fsp3) is 0.281. The second kappa shape index (κ2) is 11.3. The van der Waals surface area contributed by atoms with E-state index in [1.165, 1.54) is 0 Å². The van der Waals surface area contributed by atoms with Crippen LogP contribution >= 0.6 is 0 Å². The van der Waals surface area contributed by atoms with Crippen molar-refractivity contribution in [3.8, 4) is 17.1 Å². The molecule has 6 rings (SSSR count). The summed E-state index contributed by atoms with van der Waals surface area (Å²) in [6.07, 6.45) is 0.416. The van der Waals surface area contributed by atoms with Crippen molar-refractivity contribution in [3.63, 3.8) is 0 Å². The van der Waals surface area contributed by atoms with Crippen molar-refractivity contribution in [2.24, 2.45) is 0 Å². The SMILES string of the molecule is Cc1ccc(NC(=O)c2ccc3[nH]c(-c4nc5ccccc5[nH]c4=O)c(N)c3c2)cc1OCCN1CC(C)OC(C)C1. The van der Waals surface area contributed by atoms with E-state index in [2.05, 4.69) is 39.0 Å². The van der Waals surface area contributed by atoms with Crippen LogP contribution in [0, 0.1) is 6.92 Å². The Labute approximate surface area is 242 Å². The number of morpholine rings is 1. The molecule has 216 valence electrons. The minimum Gasteiger partial charge on any atom is -0.492 e. The largest absolute Gasteiger partial charge is 0.492 e. The van der Waals surface area contributed by atoms with Gasteiger partial charge in [0, 0.05) is 47.9 Å². The quantitative estimate of drug-likeness (QED) is 0.224. The Morgan fingerprint density at radius 3 is 2.67 bits per heavy atom. The molecule has 2 unspecified atom stereocenters. The topological polar surface area (TPSA) is 138 Å². The molecule has 1 fully saturated rings. The molecule has 10 heteroatoms. The maximum absolute atomic E-state index is 13.2. The van der Waals surface area contributed by atoms with Crippen molar-refractivity contribution in [3.05, 3.63) is 82.1 Å². The zero-order chi connectivity index (χ0) is 29.4. The van der Waals surface area contributed by atoms with E-state index in [1.54, 1.807) is 24.3 Å². The van der Waals surface area contributed by atoms with E-state index in [9.17, 15) is 9.59 Å². The minimum atomic E-state index is -0.351. The highest BCUT2D eigenvalue weighted by atomic mass is 16.5. The van der Waals surface area contributed by atoms with Gasteiger partial charge >= 0.3 is 0 Å². The number of carbonyl (C=O) groups excluding carboxylic acids is 1.